The van der Waals surface area contributed by atoms with Crippen molar-refractivity contribution in [2.75, 3.05) is 59.0 Å². The van der Waals surface area contributed by atoms with Crippen LogP contribution in [0.2, 0.25) is 0 Å². The van der Waals surface area contributed by atoms with Gasteiger partial charge in [0.15, 0.2) is 5.96 Å². The van der Waals surface area contributed by atoms with Crippen LogP contribution in [0.25, 0.3) is 0 Å². The molecule has 1 saturated carbocycles. The molecule has 2 saturated heterocycles. The summed E-state index contributed by atoms with van der Waals surface area (Å²) >= 11 is 0. The summed E-state index contributed by atoms with van der Waals surface area (Å²) in [4.78, 5) is 10.1. The number of rotatable bonds is 5. The second-order valence-electron chi connectivity index (χ2n) is 8.20. The van der Waals surface area contributed by atoms with Crippen LogP contribution >= 0.6 is 0 Å². The Balaban J connectivity index is 1.52. The molecule has 3 fully saturated rings. The highest BCUT2D eigenvalue weighted by Crippen LogP contribution is 2.37. The van der Waals surface area contributed by atoms with E-state index in [1.807, 2.05) is 0 Å². The molecule has 1 N–H and O–H groups in total. The van der Waals surface area contributed by atoms with Gasteiger partial charge in [0.2, 0.25) is 0 Å². The van der Waals surface area contributed by atoms with Crippen molar-refractivity contribution in [3.8, 4) is 0 Å². The fourth-order valence-corrected chi connectivity index (χ4v) is 4.40. The first kappa shape index (κ1) is 18.0. The Morgan fingerprint density at radius 2 is 1.96 bits per heavy atom. The van der Waals surface area contributed by atoms with Crippen LogP contribution in [0.3, 0.4) is 0 Å². The Morgan fingerprint density at radius 1 is 1.21 bits per heavy atom. The summed E-state index contributed by atoms with van der Waals surface area (Å²) in [5, 5.41) is 3.53. The summed E-state index contributed by atoms with van der Waals surface area (Å²) < 4.78 is 5.46. The number of guanidine groups is 1. The average Bonchev–Trinajstić information content (AvgIpc) is 3.22. The van der Waals surface area contributed by atoms with Crippen molar-refractivity contribution in [3.63, 3.8) is 0 Å². The molecular weight excluding hydrogens is 300 g/mol. The molecule has 0 amide bonds. The maximum Gasteiger partial charge on any atom is 0.193 e. The van der Waals surface area contributed by atoms with Crippen LogP contribution in [-0.4, -0.2) is 74.8 Å². The van der Waals surface area contributed by atoms with Gasteiger partial charge in [-0.3, -0.25) is 9.89 Å². The first-order valence-corrected chi connectivity index (χ1v) is 10.0. The molecule has 2 aliphatic heterocycles. The second kappa shape index (κ2) is 8.52. The summed E-state index contributed by atoms with van der Waals surface area (Å²) in [7, 11) is 0. The number of likely N-dealkylation sites (tertiary alicyclic amines) is 1. The molecule has 0 aromatic carbocycles. The number of hydrogen-bond acceptors (Lipinski definition) is 3. The number of ether oxygens (including phenoxy) is 1. The van der Waals surface area contributed by atoms with E-state index < -0.39 is 0 Å². The second-order valence-corrected chi connectivity index (χ2v) is 8.20. The van der Waals surface area contributed by atoms with Gasteiger partial charge in [-0.05, 0) is 37.5 Å². The zero-order chi connectivity index (χ0) is 16.8. The van der Waals surface area contributed by atoms with Gasteiger partial charge < -0.3 is 15.0 Å². The Bertz CT molecular complexity index is 414. The number of aliphatic imine (C=N–C) groups is 1. The van der Waals surface area contributed by atoms with Crippen LogP contribution in [-0.2, 0) is 4.74 Å². The zero-order valence-electron chi connectivity index (χ0n) is 15.7. The van der Waals surface area contributed by atoms with Crippen molar-refractivity contribution < 1.29 is 4.74 Å². The van der Waals surface area contributed by atoms with Crippen LogP contribution in [0.1, 0.15) is 46.0 Å². The third kappa shape index (κ3) is 4.85. The molecule has 0 aromatic rings. The molecule has 1 aliphatic carbocycles. The van der Waals surface area contributed by atoms with E-state index in [4.69, 9.17) is 9.73 Å². The topological polar surface area (TPSA) is 40.1 Å². The molecule has 0 spiro atoms. The minimum Gasteiger partial charge on any atom is -0.379 e. The van der Waals surface area contributed by atoms with Gasteiger partial charge >= 0.3 is 0 Å². The third-order valence-corrected chi connectivity index (χ3v) is 5.96. The molecule has 1 unspecified atom stereocenters. The monoisotopic (exact) mass is 336 g/mol. The van der Waals surface area contributed by atoms with E-state index in [9.17, 15) is 0 Å². The molecule has 138 valence electrons. The van der Waals surface area contributed by atoms with Gasteiger partial charge in [0, 0.05) is 45.8 Å². The number of hydrogen-bond donors (Lipinski definition) is 1. The Hall–Kier alpha value is -0.810. The van der Waals surface area contributed by atoms with Crippen molar-refractivity contribution in [1.29, 1.82) is 0 Å². The van der Waals surface area contributed by atoms with Crippen LogP contribution in [0.5, 0.6) is 0 Å². The van der Waals surface area contributed by atoms with Crippen molar-refractivity contribution in [2.45, 2.75) is 46.0 Å². The largest absolute Gasteiger partial charge is 0.379 e. The molecule has 0 bridgehead atoms. The number of nitrogens with zero attached hydrogens (tertiary/aromatic N) is 3. The highest BCUT2D eigenvalue weighted by Gasteiger charge is 2.30. The Kier molecular flexibility index (Phi) is 6.39. The number of nitrogens with one attached hydrogen (secondary N) is 1. The SMILES string of the molecule is CCNC(=NCC1(C)CCCC1)N1CCC(CN2CCOCC2)C1. The van der Waals surface area contributed by atoms with Crippen LogP contribution in [0.15, 0.2) is 4.99 Å². The minimum absolute atomic E-state index is 0.438. The normalized spacial score (nSPS) is 28.5. The molecule has 1 atom stereocenters. The van der Waals surface area contributed by atoms with Crippen LogP contribution in [0.4, 0.5) is 0 Å². The summed E-state index contributed by atoms with van der Waals surface area (Å²) in [6.07, 6.45) is 6.74. The van der Waals surface area contributed by atoms with Gasteiger partial charge in [-0.15, -0.1) is 0 Å². The highest BCUT2D eigenvalue weighted by atomic mass is 16.5. The maximum atomic E-state index is 5.46. The van der Waals surface area contributed by atoms with E-state index in [0.29, 0.717) is 5.41 Å². The summed E-state index contributed by atoms with van der Waals surface area (Å²) in [6.45, 7) is 14.1. The highest BCUT2D eigenvalue weighted by molar-refractivity contribution is 5.80. The zero-order valence-corrected chi connectivity index (χ0v) is 15.7. The van der Waals surface area contributed by atoms with E-state index >= 15 is 0 Å². The first-order valence-electron chi connectivity index (χ1n) is 10.0. The van der Waals surface area contributed by atoms with Gasteiger partial charge in [-0.25, -0.2) is 0 Å². The summed E-state index contributed by atoms with van der Waals surface area (Å²) in [5.41, 5.74) is 0.438. The van der Waals surface area contributed by atoms with Crippen LogP contribution < -0.4 is 5.32 Å². The van der Waals surface area contributed by atoms with Gasteiger partial charge in [-0.1, -0.05) is 19.8 Å². The van der Waals surface area contributed by atoms with Crippen LogP contribution in [0, 0.1) is 11.3 Å². The minimum atomic E-state index is 0.438. The molecular formula is C19H36N4O. The molecule has 5 heteroatoms. The predicted molar refractivity (Wildman–Crippen MR) is 99.5 cm³/mol. The average molecular weight is 337 g/mol. The lowest BCUT2D eigenvalue weighted by Gasteiger charge is -2.29. The molecule has 0 radical (unpaired) electrons. The molecule has 2 heterocycles. The lowest BCUT2D eigenvalue weighted by Crippen LogP contribution is -2.42. The van der Waals surface area contributed by atoms with Crippen molar-refractivity contribution in [2.24, 2.45) is 16.3 Å². The van der Waals surface area contributed by atoms with Gasteiger partial charge in [-0.2, -0.15) is 0 Å². The molecule has 3 aliphatic rings. The van der Waals surface area contributed by atoms with Gasteiger partial charge in [0.1, 0.15) is 0 Å². The van der Waals surface area contributed by atoms with E-state index in [0.717, 1.165) is 64.4 Å². The maximum absolute atomic E-state index is 5.46. The quantitative estimate of drug-likeness (QED) is 0.617. The number of morpholine rings is 1. The van der Waals surface area contributed by atoms with E-state index in [1.54, 1.807) is 0 Å². The molecule has 0 aromatic heterocycles. The van der Waals surface area contributed by atoms with Crippen molar-refractivity contribution in [3.05, 3.63) is 0 Å². The molecule has 5 nitrogen and oxygen atoms in total. The summed E-state index contributed by atoms with van der Waals surface area (Å²) in [6, 6.07) is 0. The van der Waals surface area contributed by atoms with E-state index in [2.05, 4.69) is 29.0 Å². The Morgan fingerprint density at radius 3 is 2.67 bits per heavy atom. The summed E-state index contributed by atoms with van der Waals surface area (Å²) in [5.74, 6) is 1.92. The van der Waals surface area contributed by atoms with Crippen molar-refractivity contribution in [1.82, 2.24) is 15.1 Å². The smallest absolute Gasteiger partial charge is 0.193 e. The molecule has 24 heavy (non-hydrogen) atoms. The van der Waals surface area contributed by atoms with Gasteiger partial charge in [0.25, 0.3) is 0 Å². The standard InChI is InChI=1S/C19H36N4O/c1-3-20-18(21-16-19(2)7-4-5-8-19)23-9-6-17(15-23)14-22-10-12-24-13-11-22/h17H,3-16H2,1-2H3,(H,20,21). The predicted octanol–water partition coefficient (Wildman–Crippen LogP) is 2.19. The van der Waals surface area contributed by atoms with E-state index in [-0.39, 0.29) is 0 Å². The fourth-order valence-electron chi connectivity index (χ4n) is 4.40. The third-order valence-electron chi connectivity index (χ3n) is 5.96. The lowest BCUT2D eigenvalue weighted by molar-refractivity contribution is 0.0315. The Labute approximate surface area is 147 Å². The van der Waals surface area contributed by atoms with E-state index in [1.165, 1.54) is 38.6 Å². The van der Waals surface area contributed by atoms with Crippen molar-refractivity contribution >= 4 is 5.96 Å². The first-order chi connectivity index (χ1) is 11.7. The lowest BCUT2D eigenvalue weighted by atomic mass is 9.89. The van der Waals surface area contributed by atoms with Gasteiger partial charge in [0.05, 0.1) is 13.2 Å². The molecule has 3 rings (SSSR count). The fraction of sp³-hybridized carbons (Fsp3) is 0.947.